The number of ketones is 1. The van der Waals surface area contributed by atoms with Gasteiger partial charge < -0.3 is 5.11 Å². The number of nitrogens with zero attached hydrogens (tertiary/aromatic N) is 2. The molecule has 0 aromatic heterocycles. The van der Waals surface area contributed by atoms with Crippen molar-refractivity contribution in [3.8, 4) is 0 Å². The summed E-state index contributed by atoms with van der Waals surface area (Å²) in [6.07, 6.45) is 0. The minimum atomic E-state index is -1.40. The van der Waals surface area contributed by atoms with Gasteiger partial charge in [0.05, 0.1) is 11.3 Å². The van der Waals surface area contributed by atoms with Crippen LogP contribution in [0.2, 0.25) is 0 Å². The predicted molar refractivity (Wildman–Crippen MR) is 56.2 cm³/mol. The number of hydrogen-bond donors (Lipinski definition) is 1. The third-order valence-corrected chi connectivity index (χ3v) is 2.59. The maximum absolute atomic E-state index is 11.9. The molecule has 2 rings (SSSR count). The van der Waals surface area contributed by atoms with Gasteiger partial charge >= 0.3 is 5.97 Å². The third kappa shape index (κ3) is 1.41. The van der Waals surface area contributed by atoms with E-state index in [0.717, 1.165) is 11.1 Å². The molecule has 0 aliphatic carbocycles. The maximum atomic E-state index is 11.9. The highest BCUT2D eigenvalue weighted by atomic mass is 16.4. The van der Waals surface area contributed by atoms with E-state index < -0.39 is 17.8 Å². The van der Waals surface area contributed by atoms with Crippen molar-refractivity contribution in [3.63, 3.8) is 0 Å². The lowest BCUT2D eigenvalue weighted by atomic mass is 9.94. The first-order chi connectivity index (χ1) is 7.52. The van der Waals surface area contributed by atoms with Gasteiger partial charge in [-0.3, -0.25) is 4.79 Å². The molecule has 0 fully saturated rings. The lowest BCUT2D eigenvalue weighted by Crippen LogP contribution is -2.30. The van der Waals surface area contributed by atoms with Crippen LogP contribution in [0.1, 0.15) is 21.5 Å². The summed E-state index contributed by atoms with van der Waals surface area (Å²) in [5.41, 5.74) is 2.42. The highest BCUT2D eigenvalue weighted by Crippen LogP contribution is 2.32. The number of fused-ring (bicyclic) bond motifs is 1. The van der Waals surface area contributed by atoms with Gasteiger partial charge in [0.1, 0.15) is 0 Å². The number of rotatable bonds is 1. The van der Waals surface area contributed by atoms with Crippen LogP contribution in [0.25, 0.3) is 0 Å². The average molecular weight is 218 g/mol. The van der Waals surface area contributed by atoms with Gasteiger partial charge in [0, 0.05) is 0 Å². The molecular weight excluding hydrogens is 208 g/mol. The molecule has 1 aromatic rings. The monoisotopic (exact) mass is 218 g/mol. The van der Waals surface area contributed by atoms with Crippen LogP contribution in [0.15, 0.2) is 22.4 Å². The lowest BCUT2D eigenvalue weighted by molar-refractivity contribution is -0.137. The molecule has 1 heterocycles. The minimum absolute atomic E-state index is 0.377. The van der Waals surface area contributed by atoms with E-state index >= 15 is 0 Å². The van der Waals surface area contributed by atoms with E-state index in [0.29, 0.717) is 11.3 Å². The Bertz CT molecular complexity index is 520. The van der Waals surface area contributed by atoms with Crippen molar-refractivity contribution in [2.45, 2.75) is 19.9 Å². The van der Waals surface area contributed by atoms with Gasteiger partial charge in [-0.1, -0.05) is 12.1 Å². The summed E-state index contributed by atoms with van der Waals surface area (Å²) >= 11 is 0. The zero-order chi connectivity index (χ0) is 11.9. The molecule has 82 valence electrons. The summed E-state index contributed by atoms with van der Waals surface area (Å²) in [6.45, 7) is 3.57. The van der Waals surface area contributed by atoms with E-state index in [-0.39, 0.29) is 0 Å². The molecule has 1 aliphatic heterocycles. The summed E-state index contributed by atoms with van der Waals surface area (Å²) in [4.78, 5) is 22.7. The Kier molecular flexibility index (Phi) is 2.30. The van der Waals surface area contributed by atoms with E-state index in [9.17, 15) is 9.59 Å². The van der Waals surface area contributed by atoms with Crippen LogP contribution in [0.5, 0.6) is 0 Å². The smallest absolute Gasteiger partial charge is 0.338 e. The van der Waals surface area contributed by atoms with Gasteiger partial charge in [-0.2, -0.15) is 10.2 Å². The van der Waals surface area contributed by atoms with Crippen LogP contribution in [0.4, 0.5) is 5.69 Å². The summed E-state index contributed by atoms with van der Waals surface area (Å²) < 4.78 is 0. The normalized spacial score (nSPS) is 18.4. The molecule has 0 spiro atoms. The third-order valence-electron chi connectivity index (χ3n) is 2.59. The van der Waals surface area contributed by atoms with Crippen LogP contribution in [0.3, 0.4) is 0 Å². The van der Waals surface area contributed by atoms with Gasteiger partial charge in [0.2, 0.25) is 11.8 Å². The Balaban J connectivity index is 2.64. The summed E-state index contributed by atoms with van der Waals surface area (Å²) in [5, 5.41) is 16.2. The number of benzene rings is 1. The van der Waals surface area contributed by atoms with E-state index in [2.05, 4.69) is 10.2 Å². The number of Topliss-reactive ketones (excluding diaryl/α,β-unsaturated/α-hetero) is 1. The first-order valence-electron chi connectivity index (χ1n) is 4.80. The fourth-order valence-electron chi connectivity index (χ4n) is 1.70. The van der Waals surface area contributed by atoms with Crippen LogP contribution < -0.4 is 0 Å². The first kappa shape index (κ1) is 10.5. The minimum Gasteiger partial charge on any atom is -0.479 e. The molecule has 0 bridgehead atoms. The number of hydrogen-bond acceptors (Lipinski definition) is 4. The number of carbonyl (C=O) groups is 2. The Morgan fingerprint density at radius 3 is 2.56 bits per heavy atom. The number of carboxylic acids is 1. The van der Waals surface area contributed by atoms with E-state index in [1.165, 1.54) is 0 Å². The predicted octanol–water partition coefficient (Wildman–Crippen LogP) is 2.04. The van der Waals surface area contributed by atoms with Crippen LogP contribution in [-0.4, -0.2) is 22.9 Å². The standard InChI is InChI=1S/C11H10N2O3/c1-5-3-4-6(2)8-7(5)10(14)9(11(15)16)13-12-8/h3-4,9H,1-2H3,(H,15,16). The Hall–Kier alpha value is -2.04. The SMILES string of the molecule is Cc1ccc(C)c2c1N=NC(C(=O)O)C2=O. The molecule has 0 saturated heterocycles. The molecule has 16 heavy (non-hydrogen) atoms. The van der Waals surface area contributed by atoms with Crippen molar-refractivity contribution in [2.24, 2.45) is 10.2 Å². The largest absolute Gasteiger partial charge is 0.479 e. The molecule has 5 nitrogen and oxygen atoms in total. The van der Waals surface area contributed by atoms with Crippen molar-refractivity contribution in [3.05, 3.63) is 28.8 Å². The summed E-state index contributed by atoms with van der Waals surface area (Å²) in [7, 11) is 0. The second-order valence-corrected chi connectivity index (χ2v) is 3.74. The molecule has 5 heteroatoms. The highest BCUT2D eigenvalue weighted by molar-refractivity contribution is 6.15. The zero-order valence-electron chi connectivity index (χ0n) is 8.89. The van der Waals surface area contributed by atoms with Gasteiger partial charge in [-0.15, -0.1) is 0 Å². The Labute approximate surface area is 91.8 Å². The number of aliphatic carboxylic acids is 1. The number of aryl methyl sites for hydroxylation is 2. The fourth-order valence-corrected chi connectivity index (χ4v) is 1.70. The molecular formula is C11H10N2O3. The molecule has 0 radical (unpaired) electrons. The van der Waals surface area contributed by atoms with Crippen molar-refractivity contribution >= 4 is 17.4 Å². The quantitative estimate of drug-likeness (QED) is 0.732. The molecule has 1 aromatic carbocycles. The van der Waals surface area contributed by atoms with Crippen LogP contribution in [0, 0.1) is 13.8 Å². The number of carboxylic acid groups (broad SMARTS) is 1. The molecule has 0 saturated carbocycles. The first-order valence-corrected chi connectivity index (χ1v) is 4.80. The van der Waals surface area contributed by atoms with Crippen molar-refractivity contribution in [1.29, 1.82) is 0 Å². The van der Waals surface area contributed by atoms with Gasteiger partial charge in [0.15, 0.2) is 0 Å². The number of azo groups is 1. The second-order valence-electron chi connectivity index (χ2n) is 3.74. The van der Waals surface area contributed by atoms with E-state index in [1.54, 1.807) is 13.0 Å². The number of carbonyl (C=O) groups excluding carboxylic acids is 1. The Morgan fingerprint density at radius 2 is 1.94 bits per heavy atom. The van der Waals surface area contributed by atoms with Crippen LogP contribution in [-0.2, 0) is 4.79 Å². The highest BCUT2D eigenvalue weighted by Gasteiger charge is 2.33. The molecule has 1 unspecified atom stereocenters. The van der Waals surface area contributed by atoms with E-state index in [4.69, 9.17) is 5.11 Å². The van der Waals surface area contributed by atoms with Crippen molar-refractivity contribution in [2.75, 3.05) is 0 Å². The lowest BCUT2D eigenvalue weighted by Gasteiger charge is -2.16. The average Bonchev–Trinajstić information content (AvgIpc) is 2.23. The van der Waals surface area contributed by atoms with Gasteiger partial charge in [0.25, 0.3) is 0 Å². The summed E-state index contributed by atoms with van der Waals surface area (Å²) in [6, 6.07) is 2.22. The molecule has 1 atom stereocenters. The van der Waals surface area contributed by atoms with Gasteiger partial charge in [-0.25, -0.2) is 4.79 Å². The Morgan fingerprint density at radius 1 is 1.31 bits per heavy atom. The molecule has 1 N–H and O–H groups in total. The second kappa shape index (κ2) is 3.52. The molecule has 1 aliphatic rings. The summed E-state index contributed by atoms with van der Waals surface area (Å²) in [5.74, 6) is -1.75. The zero-order valence-corrected chi connectivity index (χ0v) is 8.89. The molecule has 0 amide bonds. The maximum Gasteiger partial charge on any atom is 0.338 e. The van der Waals surface area contributed by atoms with Crippen molar-refractivity contribution in [1.82, 2.24) is 0 Å². The van der Waals surface area contributed by atoms with E-state index in [1.807, 2.05) is 13.0 Å². The fraction of sp³-hybridized carbons (Fsp3) is 0.273. The van der Waals surface area contributed by atoms with Gasteiger partial charge in [-0.05, 0) is 25.0 Å². The van der Waals surface area contributed by atoms with Crippen LogP contribution >= 0.6 is 0 Å². The van der Waals surface area contributed by atoms with Crippen molar-refractivity contribution < 1.29 is 14.7 Å². The topological polar surface area (TPSA) is 79.1 Å².